The molecule has 0 bridgehead atoms. The minimum absolute atomic E-state index is 0.0357. The third-order valence-electron chi connectivity index (χ3n) is 3.40. The lowest BCUT2D eigenvalue weighted by atomic mass is 10.1. The first-order valence-corrected chi connectivity index (χ1v) is 6.80. The smallest absolute Gasteiger partial charge is 0.245 e. The Labute approximate surface area is 119 Å². The van der Waals surface area contributed by atoms with E-state index in [1.807, 2.05) is 30.3 Å². The Balaban J connectivity index is 1.94. The van der Waals surface area contributed by atoms with Crippen molar-refractivity contribution in [3.05, 3.63) is 35.9 Å². The summed E-state index contributed by atoms with van der Waals surface area (Å²) in [4.78, 5) is 25.8. The molecule has 5 heteroatoms. The van der Waals surface area contributed by atoms with E-state index in [2.05, 4.69) is 5.32 Å². The molecule has 20 heavy (non-hydrogen) atoms. The van der Waals surface area contributed by atoms with Gasteiger partial charge in [-0.1, -0.05) is 30.3 Å². The highest BCUT2D eigenvalue weighted by atomic mass is 16.2. The maximum Gasteiger partial charge on any atom is 0.245 e. The summed E-state index contributed by atoms with van der Waals surface area (Å²) < 4.78 is 0. The number of nitrogens with one attached hydrogen (secondary N) is 1. The SMILES string of the molecule is CC(C)(N)C(=O)NC1CCN(Cc2ccccc2)C1=O. The van der Waals surface area contributed by atoms with Crippen LogP contribution in [0, 0.1) is 0 Å². The lowest BCUT2D eigenvalue weighted by molar-refractivity contribution is -0.134. The van der Waals surface area contributed by atoms with E-state index in [0.29, 0.717) is 19.5 Å². The number of carbonyl (C=O) groups is 2. The van der Waals surface area contributed by atoms with Crippen LogP contribution in [0.3, 0.4) is 0 Å². The van der Waals surface area contributed by atoms with Gasteiger partial charge in [-0.15, -0.1) is 0 Å². The van der Waals surface area contributed by atoms with Gasteiger partial charge in [-0.25, -0.2) is 0 Å². The second kappa shape index (κ2) is 5.63. The molecular weight excluding hydrogens is 254 g/mol. The van der Waals surface area contributed by atoms with Crippen molar-refractivity contribution in [1.82, 2.24) is 10.2 Å². The number of likely N-dealkylation sites (tertiary alicyclic amines) is 1. The molecule has 1 fully saturated rings. The van der Waals surface area contributed by atoms with Crippen molar-refractivity contribution in [3.8, 4) is 0 Å². The third kappa shape index (κ3) is 3.36. The number of amides is 2. The van der Waals surface area contributed by atoms with Gasteiger partial charge < -0.3 is 16.0 Å². The Morgan fingerprint density at radius 1 is 1.40 bits per heavy atom. The Kier molecular flexibility index (Phi) is 4.09. The Morgan fingerprint density at radius 2 is 2.05 bits per heavy atom. The molecule has 0 radical (unpaired) electrons. The fourth-order valence-corrected chi connectivity index (χ4v) is 2.18. The van der Waals surface area contributed by atoms with Crippen molar-refractivity contribution in [2.24, 2.45) is 5.73 Å². The van der Waals surface area contributed by atoms with Crippen LogP contribution in [0.2, 0.25) is 0 Å². The number of hydrogen-bond donors (Lipinski definition) is 2. The molecule has 1 aromatic carbocycles. The highest BCUT2D eigenvalue weighted by Crippen LogP contribution is 2.15. The zero-order chi connectivity index (χ0) is 14.8. The quantitative estimate of drug-likeness (QED) is 0.847. The molecule has 1 heterocycles. The zero-order valence-electron chi connectivity index (χ0n) is 11.9. The van der Waals surface area contributed by atoms with Crippen molar-refractivity contribution in [1.29, 1.82) is 0 Å². The fourth-order valence-electron chi connectivity index (χ4n) is 2.18. The summed E-state index contributed by atoms with van der Waals surface area (Å²) in [6.07, 6.45) is 0.632. The first-order chi connectivity index (χ1) is 9.38. The third-order valence-corrected chi connectivity index (χ3v) is 3.40. The molecular formula is C15H21N3O2. The van der Waals surface area contributed by atoms with E-state index in [9.17, 15) is 9.59 Å². The second-order valence-electron chi connectivity index (χ2n) is 5.78. The summed E-state index contributed by atoms with van der Waals surface area (Å²) in [5.74, 6) is -0.330. The molecule has 1 unspecified atom stereocenters. The van der Waals surface area contributed by atoms with E-state index in [4.69, 9.17) is 5.73 Å². The average molecular weight is 275 g/mol. The zero-order valence-corrected chi connectivity index (χ0v) is 11.9. The van der Waals surface area contributed by atoms with Gasteiger partial charge in [0.25, 0.3) is 0 Å². The largest absolute Gasteiger partial charge is 0.343 e. The van der Waals surface area contributed by atoms with Crippen LogP contribution in [0.15, 0.2) is 30.3 Å². The molecule has 0 spiro atoms. The number of rotatable bonds is 4. The molecule has 1 atom stereocenters. The molecule has 108 valence electrons. The van der Waals surface area contributed by atoms with Gasteiger partial charge in [-0.2, -0.15) is 0 Å². The van der Waals surface area contributed by atoms with Gasteiger partial charge in [0.05, 0.1) is 5.54 Å². The van der Waals surface area contributed by atoms with Gasteiger partial charge in [-0.3, -0.25) is 9.59 Å². The van der Waals surface area contributed by atoms with Crippen molar-refractivity contribution >= 4 is 11.8 Å². The van der Waals surface area contributed by atoms with Gasteiger partial charge in [0.2, 0.25) is 11.8 Å². The van der Waals surface area contributed by atoms with Crippen molar-refractivity contribution in [3.63, 3.8) is 0 Å². The van der Waals surface area contributed by atoms with Gasteiger partial charge in [0, 0.05) is 13.1 Å². The van der Waals surface area contributed by atoms with Crippen LogP contribution in [0.4, 0.5) is 0 Å². The molecule has 1 aliphatic heterocycles. The van der Waals surface area contributed by atoms with Gasteiger partial charge in [-0.05, 0) is 25.8 Å². The standard InChI is InChI=1S/C15H21N3O2/c1-15(2,16)14(20)17-12-8-9-18(13(12)19)10-11-6-4-3-5-7-11/h3-7,12H,8-10,16H2,1-2H3,(H,17,20). The Bertz CT molecular complexity index is 494. The second-order valence-corrected chi connectivity index (χ2v) is 5.78. The molecule has 0 aromatic heterocycles. The van der Waals surface area contributed by atoms with Gasteiger partial charge in [0.1, 0.15) is 6.04 Å². The first-order valence-electron chi connectivity index (χ1n) is 6.80. The molecule has 3 N–H and O–H groups in total. The van der Waals surface area contributed by atoms with Crippen LogP contribution in [-0.4, -0.2) is 34.8 Å². The van der Waals surface area contributed by atoms with Crippen LogP contribution in [-0.2, 0) is 16.1 Å². The topological polar surface area (TPSA) is 75.4 Å². The van der Waals surface area contributed by atoms with Crippen LogP contribution < -0.4 is 11.1 Å². The normalized spacial score (nSPS) is 19.2. The summed E-state index contributed by atoms with van der Waals surface area (Å²) >= 11 is 0. The summed E-state index contributed by atoms with van der Waals surface area (Å²) in [6.45, 7) is 4.49. The minimum Gasteiger partial charge on any atom is -0.343 e. The monoisotopic (exact) mass is 275 g/mol. The van der Waals surface area contributed by atoms with Gasteiger partial charge >= 0.3 is 0 Å². The van der Waals surface area contributed by atoms with E-state index in [-0.39, 0.29) is 11.8 Å². The summed E-state index contributed by atoms with van der Waals surface area (Å²) in [7, 11) is 0. The van der Waals surface area contributed by atoms with E-state index in [0.717, 1.165) is 5.56 Å². The number of nitrogens with two attached hydrogens (primary N) is 1. The molecule has 0 aliphatic carbocycles. The van der Waals surface area contributed by atoms with Crippen LogP contribution >= 0.6 is 0 Å². The minimum atomic E-state index is -0.965. The van der Waals surface area contributed by atoms with E-state index in [1.165, 1.54) is 0 Å². The lowest BCUT2D eigenvalue weighted by Crippen LogP contribution is -2.53. The molecule has 1 saturated heterocycles. The lowest BCUT2D eigenvalue weighted by Gasteiger charge is -2.21. The number of benzene rings is 1. The summed E-state index contributed by atoms with van der Waals surface area (Å²) in [5.41, 5.74) is 5.85. The molecule has 0 saturated carbocycles. The number of nitrogens with zero attached hydrogens (tertiary/aromatic N) is 1. The highest BCUT2D eigenvalue weighted by Gasteiger charge is 2.35. The maximum atomic E-state index is 12.2. The fraction of sp³-hybridized carbons (Fsp3) is 0.467. The molecule has 2 amide bonds. The molecule has 2 rings (SSSR count). The van der Waals surface area contributed by atoms with Gasteiger partial charge in [0.15, 0.2) is 0 Å². The predicted molar refractivity (Wildman–Crippen MR) is 76.7 cm³/mol. The maximum absolute atomic E-state index is 12.2. The number of carbonyl (C=O) groups excluding carboxylic acids is 2. The molecule has 5 nitrogen and oxygen atoms in total. The molecule has 1 aliphatic rings. The van der Waals surface area contributed by atoms with Crippen molar-refractivity contribution < 1.29 is 9.59 Å². The predicted octanol–water partition coefficient (Wildman–Crippen LogP) is 0.641. The van der Waals surface area contributed by atoms with E-state index in [1.54, 1.807) is 18.7 Å². The van der Waals surface area contributed by atoms with E-state index >= 15 is 0 Å². The Morgan fingerprint density at radius 3 is 2.65 bits per heavy atom. The summed E-state index contributed by atoms with van der Waals surface area (Å²) in [6, 6.07) is 9.37. The highest BCUT2D eigenvalue weighted by molar-refractivity contribution is 5.92. The van der Waals surface area contributed by atoms with E-state index < -0.39 is 11.6 Å². The van der Waals surface area contributed by atoms with Crippen LogP contribution in [0.5, 0.6) is 0 Å². The first kappa shape index (κ1) is 14.5. The van der Waals surface area contributed by atoms with Crippen LogP contribution in [0.1, 0.15) is 25.8 Å². The number of hydrogen-bond acceptors (Lipinski definition) is 3. The van der Waals surface area contributed by atoms with Crippen molar-refractivity contribution in [2.45, 2.75) is 38.4 Å². The summed E-state index contributed by atoms with van der Waals surface area (Å²) in [5, 5.41) is 2.73. The van der Waals surface area contributed by atoms with Crippen molar-refractivity contribution in [2.75, 3.05) is 6.54 Å². The molecule has 1 aromatic rings. The Hall–Kier alpha value is -1.88. The van der Waals surface area contributed by atoms with Crippen LogP contribution in [0.25, 0.3) is 0 Å². The average Bonchev–Trinajstić information content (AvgIpc) is 2.72.